The lowest BCUT2D eigenvalue weighted by Gasteiger charge is -2.20. The van der Waals surface area contributed by atoms with E-state index in [-0.39, 0.29) is 5.91 Å². The number of carbonyl (C=O) groups is 2. The first-order valence-corrected chi connectivity index (χ1v) is 7.75. The number of likely N-dealkylation sites (tertiary alicyclic amines) is 1. The highest BCUT2D eigenvalue weighted by Gasteiger charge is 2.26. The number of esters is 1. The summed E-state index contributed by atoms with van der Waals surface area (Å²) in [4.78, 5) is 26.1. The zero-order chi connectivity index (χ0) is 16.2. The first-order valence-electron chi connectivity index (χ1n) is 7.75. The quantitative estimate of drug-likeness (QED) is 0.810. The number of hydrogen-bond donors (Lipinski definition) is 0. The Hall–Kier alpha value is -2.63. The minimum Gasteiger partial charge on any atom is -0.449 e. The van der Waals surface area contributed by atoms with Crippen molar-refractivity contribution in [1.29, 1.82) is 0 Å². The second kappa shape index (κ2) is 6.64. The van der Waals surface area contributed by atoms with Crippen LogP contribution in [0.3, 0.4) is 0 Å². The molecule has 3 rings (SSSR count). The Bertz CT molecular complexity index is 674. The zero-order valence-electron chi connectivity index (χ0n) is 13.0. The number of hydrogen-bond acceptors (Lipinski definition) is 4. The lowest BCUT2D eigenvalue weighted by atomic mass is 10.2. The maximum absolute atomic E-state index is 12.2. The number of nitrogens with zero attached hydrogens (tertiary/aromatic N) is 3. The predicted octanol–water partition coefficient (Wildman–Crippen LogP) is 2.04. The SMILES string of the molecule is CC(OC(=O)c1ccc(-n2cccn2)cc1)C(=O)N1CCCC1. The van der Waals surface area contributed by atoms with Crippen molar-refractivity contribution >= 4 is 11.9 Å². The van der Waals surface area contributed by atoms with E-state index in [0.717, 1.165) is 31.6 Å². The summed E-state index contributed by atoms with van der Waals surface area (Å²) in [6.45, 7) is 3.12. The van der Waals surface area contributed by atoms with Gasteiger partial charge in [0.1, 0.15) is 0 Å². The highest BCUT2D eigenvalue weighted by atomic mass is 16.5. The van der Waals surface area contributed by atoms with E-state index in [4.69, 9.17) is 4.74 Å². The molecule has 0 N–H and O–H groups in total. The molecular formula is C17H19N3O3. The van der Waals surface area contributed by atoms with Crippen LogP contribution in [0.1, 0.15) is 30.1 Å². The van der Waals surface area contributed by atoms with Crippen LogP contribution < -0.4 is 0 Å². The number of rotatable bonds is 4. The van der Waals surface area contributed by atoms with Crippen molar-refractivity contribution in [3.63, 3.8) is 0 Å². The minimum absolute atomic E-state index is 0.121. The summed E-state index contributed by atoms with van der Waals surface area (Å²) in [6, 6.07) is 8.75. The molecule has 1 fully saturated rings. The van der Waals surface area contributed by atoms with Crippen molar-refractivity contribution in [2.45, 2.75) is 25.9 Å². The van der Waals surface area contributed by atoms with Crippen molar-refractivity contribution in [3.05, 3.63) is 48.3 Å². The number of amides is 1. The number of benzene rings is 1. The van der Waals surface area contributed by atoms with Crippen LogP contribution in [0.2, 0.25) is 0 Å². The lowest BCUT2D eigenvalue weighted by molar-refractivity contribution is -0.138. The van der Waals surface area contributed by atoms with Gasteiger partial charge < -0.3 is 9.64 Å². The second-order valence-corrected chi connectivity index (χ2v) is 5.58. The average Bonchev–Trinajstić information content (AvgIpc) is 3.27. The molecule has 1 unspecified atom stereocenters. The van der Waals surface area contributed by atoms with Gasteiger partial charge in [-0.15, -0.1) is 0 Å². The van der Waals surface area contributed by atoms with Crippen LogP contribution in [-0.2, 0) is 9.53 Å². The van der Waals surface area contributed by atoms with Gasteiger partial charge in [-0.25, -0.2) is 9.48 Å². The Morgan fingerprint density at radius 2 is 1.87 bits per heavy atom. The summed E-state index contributed by atoms with van der Waals surface area (Å²) in [5.41, 5.74) is 1.27. The topological polar surface area (TPSA) is 64.4 Å². The van der Waals surface area contributed by atoms with Gasteiger partial charge in [0.25, 0.3) is 5.91 Å². The summed E-state index contributed by atoms with van der Waals surface area (Å²) in [5.74, 6) is -0.610. The molecule has 2 aromatic rings. The molecule has 1 aliphatic heterocycles. The van der Waals surface area contributed by atoms with E-state index < -0.39 is 12.1 Å². The molecule has 1 atom stereocenters. The minimum atomic E-state index is -0.758. The van der Waals surface area contributed by atoms with Crippen LogP contribution in [0.4, 0.5) is 0 Å². The summed E-state index contributed by atoms with van der Waals surface area (Å²) >= 11 is 0. The number of aromatic nitrogens is 2. The average molecular weight is 313 g/mol. The van der Waals surface area contributed by atoms with Gasteiger partial charge in [0.05, 0.1) is 11.3 Å². The van der Waals surface area contributed by atoms with Crippen molar-refractivity contribution in [3.8, 4) is 5.69 Å². The van der Waals surface area contributed by atoms with Crippen LogP contribution >= 0.6 is 0 Å². The van der Waals surface area contributed by atoms with Crippen molar-refractivity contribution in [2.24, 2.45) is 0 Å². The Morgan fingerprint density at radius 3 is 2.48 bits per heavy atom. The van der Waals surface area contributed by atoms with E-state index in [2.05, 4.69) is 5.10 Å². The molecule has 2 heterocycles. The molecule has 1 saturated heterocycles. The molecule has 1 amide bonds. The first-order chi connectivity index (χ1) is 11.1. The Morgan fingerprint density at radius 1 is 1.17 bits per heavy atom. The van der Waals surface area contributed by atoms with Gasteiger partial charge in [-0.3, -0.25) is 4.79 Å². The molecule has 120 valence electrons. The Kier molecular flexibility index (Phi) is 4.41. The lowest BCUT2D eigenvalue weighted by Crippen LogP contribution is -2.38. The normalized spacial score (nSPS) is 15.4. The largest absolute Gasteiger partial charge is 0.449 e. The Labute approximate surface area is 134 Å². The second-order valence-electron chi connectivity index (χ2n) is 5.58. The molecule has 23 heavy (non-hydrogen) atoms. The van der Waals surface area contributed by atoms with Gasteiger partial charge in [-0.1, -0.05) is 0 Å². The zero-order valence-corrected chi connectivity index (χ0v) is 13.0. The third kappa shape index (κ3) is 3.41. The van der Waals surface area contributed by atoms with E-state index in [1.807, 2.05) is 12.3 Å². The Balaban J connectivity index is 1.62. The molecule has 1 aromatic carbocycles. The molecule has 0 saturated carbocycles. The molecule has 1 aliphatic rings. The molecule has 6 nitrogen and oxygen atoms in total. The van der Waals surface area contributed by atoms with Gasteiger partial charge in [0, 0.05) is 25.5 Å². The molecule has 0 radical (unpaired) electrons. The van der Waals surface area contributed by atoms with Gasteiger partial charge in [-0.2, -0.15) is 5.10 Å². The van der Waals surface area contributed by atoms with E-state index in [1.54, 1.807) is 47.0 Å². The fourth-order valence-electron chi connectivity index (χ4n) is 2.65. The smallest absolute Gasteiger partial charge is 0.338 e. The fourth-order valence-corrected chi connectivity index (χ4v) is 2.65. The van der Waals surface area contributed by atoms with E-state index in [1.165, 1.54) is 0 Å². The van der Waals surface area contributed by atoms with Crippen molar-refractivity contribution in [1.82, 2.24) is 14.7 Å². The standard InChI is InChI=1S/C17H19N3O3/c1-13(16(21)19-10-2-3-11-19)23-17(22)14-5-7-15(8-6-14)20-12-4-9-18-20/h4-9,12-13H,2-3,10-11H2,1H3. The third-order valence-electron chi connectivity index (χ3n) is 3.92. The highest BCUT2D eigenvalue weighted by molar-refractivity contribution is 5.92. The molecule has 0 spiro atoms. The molecule has 6 heteroatoms. The number of ether oxygens (including phenoxy) is 1. The summed E-state index contributed by atoms with van der Waals surface area (Å²) in [7, 11) is 0. The van der Waals surface area contributed by atoms with E-state index in [9.17, 15) is 9.59 Å². The predicted molar refractivity (Wildman–Crippen MR) is 84.3 cm³/mol. The van der Waals surface area contributed by atoms with Crippen molar-refractivity contribution in [2.75, 3.05) is 13.1 Å². The molecule has 1 aromatic heterocycles. The van der Waals surface area contributed by atoms with Gasteiger partial charge in [-0.05, 0) is 50.1 Å². The van der Waals surface area contributed by atoms with Crippen LogP contribution in [0.15, 0.2) is 42.7 Å². The fraction of sp³-hybridized carbons (Fsp3) is 0.353. The van der Waals surface area contributed by atoms with Gasteiger partial charge >= 0.3 is 5.97 Å². The van der Waals surface area contributed by atoms with Gasteiger partial charge in [0.2, 0.25) is 0 Å². The van der Waals surface area contributed by atoms with Crippen molar-refractivity contribution < 1.29 is 14.3 Å². The van der Waals surface area contributed by atoms with Crippen LogP contribution in [-0.4, -0.2) is 45.8 Å². The highest BCUT2D eigenvalue weighted by Crippen LogP contribution is 2.13. The maximum atomic E-state index is 12.2. The van der Waals surface area contributed by atoms with E-state index >= 15 is 0 Å². The monoisotopic (exact) mass is 313 g/mol. The van der Waals surface area contributed by atoms with Crippen LogP contribution in [0.5, 0.6) is 0 Å². The first kappa shape index (κ1) is 15.3. The summed E-state index contributed by atoms with van der Waals surface area (Å²) in [6.07, 6.45) is 4.78. The van der Waals surface area contributed by atoms with Crippen LogP contribution in [0.25, 0.3) is 5.69 Å². The molecular weight excluding hydrogens is 294 g/mol. The summed E-state index contributed by atoms with van der Waals surface area (Å²) < 4.78 is 6.99. The molecule has 0 bridgehead atoms. The maximum Gasteiger partial charge on any atom is 0.338 e. The van der Waals surface area contributed by atoms with E-state index in [0.29, 0.717) is 5.56 Å². The van der Waals surface area contributed by atoms with Crippen LogP contribution in [0, 0.1) is 0 Å². The molecule has 0 aliphatic carbocycles. The third-order valence-corrected chi connectivity index (χ3v) is 3.92. The number of carbonyl (C=O) groups excluding carboxylic acids is 2. The van der Waals surface area contributed by atoms with Gasteiger partial charge in [0.15, 0.2) is 6.10 Å². The summed E-state index contributed by atoms with van der Waals surface area (Å²) in [5, 5.41) is 4.13.